The molecule has 168 valence electrons. The molecular weight excluding hydrogens is 423 g/mol. The Kier molecular flexibility index (Phi) is 5.83. The minimum absolute atomic E-state index is 0.0856. The van der Waals surface area contributed by atoms with Gasteiger partial charge >= 0.3 is 6.03 Å². The van der Waals surface area contributed by atoms with E-state index < -0.39 is 24.4 Å². The highest BCUT2D eigenvalue weighted by Crippen LogP contribution is 2.24. The fourth-order valence-corrected chi connectivity index (χ4v) is 3.77. The second-order valence-corrected chi connectivity index (χ2v) is 7.93. The number of aromatic nitrogens is 1. The van der Waals surface area contributed by atoms with E-state index in [0.717, 1.165) is 33.1 Å². The Morgan fingerprint density at radius 3 is 2.36 bits per heavy atom. The number of carbonyl (C=O) groups is 3. The predicted molar refractivity (Wildman–Crippen MR) is 123 cm³/mol. The van der Waals surface area contributed by atoms with Gasteiger partial charge in [0.2, 0.25) is 5.91 Å². The Morgan fingerprint density at radius 2 is 1.70 bits per heavy atom. The lowest BCUT2D eigenvalue weighted by atomic mass is 10.2. The molecule has 0 spiro atoms. The van der Waals surface area contributed by atoms with E-state index in [1.54, 1.807) is 30.3 Å². The number of nitrogens with one attached hydrogen (secondary N) is 2. The van der Waals surface area contributed by atoms with Crippen LogP contribution in [0.5, 0.6) is 0 Å². The molecule has 2 N–H and O–H groups in total. The summed E-state index contributed by atoms with van der Waals surface area (Å²) in [5, 5.41) is 5.22. The molecule has 2 heterocycles. The molecule has 2 aromatic carbocycles. The van der Waals surface area contributed by atoms with Gasteiger partial charge in [-0.05, 0) is 74.9 Å². The van der Waals surface area contributed by atoms with Gasteiger partial charge in [0.25, 0.3) is 5.91 Å². The van der Waals surface area contributed by atoms with E-state index in [9.17, 15) is 18.8 Å². The number of urea groups is 1. The number of benzene rings is 2. The highest BCUT2D eigenvalue weighted by molar-refractivity contribution is 6.16. The third-order valence-corrected chi connectivity index (χ3v) is 5.45. The molecule has 0 aliphatic carbocycles. The quantitative estimate of drug-likeness (QED) is 0.458. The number of halogens is 1. The van der Waals surface area contributed by atoms with Crippen molar-refractivity contribution in [2.45, 2.75) is 20.8 Å². The van der Waals surface area contributed by atoms with Crippen LogP contribution in [0.25, 0.3) is 11.8 Å². The molecule has 0 atom stereocenters. The van der Waals surface area contributed by atoms with E-state index in [2.05, 4.69) is 10.6 Å². The molecule has 0 bridgehead atoms. The number of hydrogen-bond acceptors (Lipinski definition) is 3. The number of amides is 4. The van der Waals surface area contributed by atoms with Gasteiger partial charge in [0, 0.05) is 22.8 Å². The number of rotatable bonds is 5. The molecule has 4 rings (SSSR count). The van der Waals surface area contributed by atoms with E-state index in [1.807, 2.05) is 43.5 Å². The van der Waals surface area contributed by atoms with E-state index >= 15 is 0 Å². The summed E-state index contributed by atoms with van der Waals surface area (Å²) in [6.45, 7) is 5.31. The van der Waals surface area contributed by atoms with Gasteiger partial charge in [-0.2, -0.15) is 0 Å². The second-order valence-electron chi connectivity index (χ2n) is 7.93. The third kappa shape index (κ3) is 4.55. The van der Waals surface area contributed by atoms with Gasteiger partial charge in [0.1, 0.15) is 18.1 Å². The van der Waals surface area contributed by atoms with Crippen LogP contribution < -0.4 is 10.6 Å². The lowest BCUT2D eigenvalue weighted by molar-refractivity contribution is -0.127. The van der Waals surface area contributed by atoms with Crippen molar-refractivity contribution in [3.05, 3.63) is 88.6 Å². The minimum atomic E-state index is -0.655. The van der Waals surface area contributed by atoms with Gasteiger partial charge < -0.3 is 15.2 Å². The molecule has 7 nitrogen and oxygen atoms in total. The summed E-state index contributed by atoms with van der Waals surface area (Å²) in [5.41, 5.74) is 4.94. The summed E-state index contributed by atoms with van der Waals surface area (Å²) in [5.74, 6) is -1.38. The van der Waals surface area contributed by atoms with Crippen LogP contribution in [0.1, 0.15) is 22.5 Å². The number of anilines is 1. The van der Waals surface area contributed by atoms with Crippen LogP contribution in [0.2, 0.25) is 0 Å². The average Bonchev–Trinajstić information content (AvgIpc) is 3.20. The Morgan fingerprint density at radius 1 is 1.03 bits per heavy atom. The maximum Gasteiger partial charge on any atom is 0.329 e. The van der Waals surface area contributed by atoms with Crippen LogP contribution in [0.4, 0.5) is 14.9 Å². The van der Waals surface area contributed by atoms with Crippen molar-refractivity contribution in [3.63, 3.8) is 0 Å². The van der Waals surface area contributed by atoms with E-state index in [1.165, 1.54) is 12.1 Å². The minimum Gasteiger partial charge on any atom is -0.325 e. The highest BCUT2D eigenvalue weighted by Gasteiger charge is 2.35. The predicted octanol–water partition coefficient (Wildman–Crippen LogP) is 4.07. The van der Waals surface area contributed by atoms with Crippen molar-refractivity contribution in [2.75, 3.05) is 11.9 Å². The summed E-state index contributed by atoms with van der Waals surface area (Å²) in [6.07, 6.45) is 1.58. The maximum absolute atomic E-state index is 13.3. The first-order chi connectivity index (χ1) is 15.7. The molecule has 1 aliphatic heterocycles. The molecule has 1 fully saturated rings. The summed E-state index contributed by atoms with van der Waals surface area (Å²) in [7, 11) is 0. The van der Waals surface area contributed by atoms with E-state index in [0.29, 0.717) is 5.69 Å². The Labute approximate surface area is 190 Å². The van der Waals surface area contributed by atoms with Crippen molar-refractivity contribution in [1.82, 2.24) is 14.8 Å². The molecular formula is C25H23FN4O3. The number of aryl methyl sites for hydroxylation is 2. The van der Waals surface area contributed by atoms with Crippen LogP contribution >= 0.6 is 0 Å². The van der Waals surface area contributed by atoms with Gasteiger partial charge in [-0.1, -0.05) is 17.7 Å². The number of carbonyl (C=O) groups excluding carboxylic acids is 3. The molecule has 1 aromatic heterocycles. The van der Waals surface area contributed by atoms with E-state index in [-0.39, 0.29) is 11.5 Å². The third-order valence-electron chi connectivity index (χ3n) is 5.45. The SMILES string of the molecule is Cc1ccc(NC(=O)CN2C(=O)N/C(=C/c3cc(C)n(-c4ccc(F)cc4)c3C)C2=O)cc1. The molecule has 3 aromatic rings. The van der Waals surface area contributed by atoms with Crippen molar-refractivity contribution in [2.24, 2.45) is 0 Å². The molecule has 4 amide bonds. The fraction of sp³-hybridized carbons (Fsp3) is 0.160. The smallest absolute Gasteiger partial charge is 0.325 e. The van der Waals surface area contributed by atoms with Crippen molar-refractivity contribution >= 4 is 29.6 Å². The molecule has 1 aliphatic rings. The Balaban J connectivity index is 1.52. The second kappa shape index (κ2) is 8.74. The van der Waals surface area contributed by atoms with Gasteiger partial charge in [-0.25, -0.2) is 14.1 Å². The monoisotopic (exact) mass is 446 g/mol. The topological polar surface area (TPSA) is 83.4 Å². The average molecular weight is 446 g/mol. The first-order valence-corrected chi connectivity index (χ1v) is 10.4. The van der Waals surface area contributed by atoms with Crippen LogP contribution in [-0.2, 0) is 9.59 Å². The van der Waals surface area contributed by atoms with Crippen LogP contribution in [-0.4, -0.2) is 33.9 Å². The van der Waals surface area contributed by atoms with Crippen LogP contribution in [0.3, 0.4) is 0 Å². The summed E-state index contributed by atoms with van der Waals surface area (Å²) in [4.78, 5) is 38.4. The zero-order valence-electron chi connectivity index (χ0n) is 18.5. The number of hydrogen-bond donors (Lipinski definition) is 2. The summed E-state index contributed by atoms with van der Waals surface area (Å²) < 4.78 is 15.2. The van der Waals surface area contributed by atoms with Crippen LogP contribution in [0.15, 0.2) is 60.3 Å². The lowest BCUT2D eigenvalue weighted by Crippen LogP contribution is -2.38. The molecule has 1 saturated heterocycles. The first kappa shape index (κ1) is 22.0. The Hall–Kier alpha value is -4.20. The lowest BCUT2D eigenvalue weighted by Gasteiger charge is -2.12. The summed E-state index contributed by atoms with van der Waals surface area (Å²) >= 11 is 0. The highest BCUT2D eigenvalue weighted by atomic mass is 19.1. The van der Waals surface area contributed by atoms with Gasteiger partial charge in [-0.15, -0.1) is 0 Å². The van der Waals surface area contributed by atoms with Gasteiger partial charge in [-0.3, -0.25) is 9.59 Å². The van der Waals surface area contributed by atoms with Gasteiger partial charge in [0.05, 0.1) is 0 Å². The van der Waals surface area contributed by atoms with Crippen LogP contribution in [0, 0.1) is 26.6 Å². The molecule has 0 saturated carbocycles. The summed E-state index contributed by atoms with van der Waals surface area (Å²) in [6, 6.07) is 14.5. The van der Waals surface area contributed by atoms with Crippen molar-refractivity contribution < 1.29 is 18.8 Å². The normalized spacial score (nSPS) is 14.7. The molecule has 33 heavy (non-hydrogen) atoms. The number of imide groups is 1. The molecule has 0 radical (unpaired) electrons. The Bertz CT molecular complexity index is 1270. The zero-order valence-corrected chi connectivity index (χ0v) is 18.5. The number of nitrogens with zero attached hydrogens (tertiary/aromatic N) is 2. The molecule has 0 unspecified atom stereocenters. The standard InChI is InChI=1S/C25H23FN4O3/c1-15-4-8-20(9-5-15)27-23(31)14-29-24(32)22(28-25(29)33)13-18-12-16(2)30(17(18)3)21-10-6-19(26)7-11-21/h4-13H,14H2,1-3H3,(H,27,31)(H,28,33)/b22-13+. The fourth-order valence-electron chi connectivity index (χ4n) is 3.77. The van der Waals surface area contributed by atoms with E-state index in [4.69, 9.17) is 0 Å². The van der Waals surface area contributed by atoms with Crippen molar-refractivity contribution in [3.8, 4) is 5.69 Å². The first-order valence-electron chi connectivity index (χ1n) is 10.4. The van der Waals surface area contributed by atoms with Crippen molar-refractivity contribution in [1.29, 1.82) is 0 Å². The zero-order chi connectivity index (χ0) is 23.7. The maximum atomic E-state index is 13.3. The largest absolute Gasteiger partial charge is 0.329 e. The molecule has 8 heteroatoms. The van der Waals surface area contributed by atoms with Gasteiger partial charge in [0.15, 0.2) is 0 Å².